The summed E-state index contributed by atoms with van der Waals surface area (Å²) in [5.74, 6) is -1.96. The van der Waals surface area contributed by atoms with Crippen LogP contribution in [-0.4, -0.2) is 38.6 Å². The number of sulfone groups is 1. The number of ether oxygens (including phenoxy) is 1. The number of hydrogen-bond donors (Lipinski definition) is 1. The van der Waals surface area contributed by atoms with Crippen molar-refractivity contribution in [2.24, 2.45) is 5.92 Å². The second-order valence-electron chi connectivity index (χ2n) is 7.71. The van der Waals surface area contributed by atoms with Gasteiger partial charge in [-0.2, -0.15) is 0 Å². The van der Waals surface area contributed by atoms with Gasteiger partial charge in [0.05, 0.1) is 17.9 Å². The van der Waals surface area contributed by atoms with Crippen molar-refractivity contribution in [1.29, 1.82) is 0 Å². The summed E-state index contributed by atoms with van der Waals surface area (Å²) in [5, 5.41) is 3.82. The smallest absolute Gasteiger partial charge is 0.324 e. The molecule has 4 atom stereocenters. The zero-order valence-corrected chi connectivity index (χ0v) is 18.0. The quantitative estimate of drug-likeness (QED) is 0.617. The second kappa shape index (κ2) is 8.24. The lowest BCUT2D eigenvalue weighted by atomic mass is 9.89. The van der Waals surface area contributed by atoms with Crippen LogP contribution in [0.15, 0.2) is 77.7 Å². The first-order valence-corrected chi connectivity index (χ1v) is 11.5. The van der Waals surface area contributed by atoms with E-state index < -0.39 is 39.1 Å². The van der Waals surface area contributed by atoms with E-state index in [0.29, 0.717) is 0 Å². The van der Waals surface area contributed by atoms with Crippen molar-refractivity contribution in [2.75, 3.05) is 7.11 Å². The second-order valence-corrected chi connectivity index (χ2v) is 9.82. The van der Waals surface area contributed by atoms with Crippen LogP contribution in [-0.2, 0) is 24.2 Å². The van der Waals surface area contributed by atoms with Gasteiger partial charge in [-0.25, -0.2) is 8.42 Å². The highest BCUT2D eigenvalue weighted by molar-refractivity contribution is 7.92. The Morgan fingerprint density at radius 1 is 0.903 bits per heavy atom. The molecule has 3 aromatic carbocycles. The maximum Gasteiger partial charge on any atom is 0.324 e. The first kappa shape index (κ1) is 21.2. The third kappa shape index (κ3) is 3.75. The molecule has 6 nitrogen and oxygen atoms in total. The van der Waals surface area contributed by atoms with Crippen LogP contribution in [0.5, 0.6) is 0 Å². The van der Waals surface area contributed by atoms with Gasteiger partial charge in [-0.3, -0.25) is 14.9 Å². The van der Waals surface area contributed by atoms with Crippen LogP contribution in [0.4, 0.5) is 0 Å². The van der Waals surface area contributed by atoms with Crippen molar-refractivity contribution in [3.8, 4) is 0 Å². The fourth-order valence-electron chi connectivity index (χ4n) is 4.43. The lowest BCUT2D eigenvalue weighted by Crippen LogP contribution is -2.45. The van der Waals surface area contributed by atoms with Crippen molar-refractivity contribution < 1.29 is 22.7 Å². The number of carbonyl (C=O) groups excluding carboxylic acids is 2. The molecule has 0 saturated carbocycles. The number of nitrogens with one attached hydrogen (secondary N) is 1. The van der Waals surface area contributed by atoms with Crippen LogP contribution in [0.1, 0.15) is 18.5 Å². The first-order valence-electron chi connectivity index (χ1n) is 9.96. The molecule has 0 bridgehead atoms. The van der Waals surface area contributed by atoms with Gasteiger partial charge in [-0.15, -0.1) is 0 Å². The molecule has 4 rings (SSSR count). The molecule has 1 fully saturated rings. The Morgan fingerprint density at radius 3 is 2.19 bits per heavy atom. The summed E-state index contributed by atoms with van der Waals surface area (Å²) in [6.45, 7) is 1.37. The molecule has 0 unspecified atom stereocenters. The van der Waals surface area contributed by atoms with E-state index in [4.69, 9.17) is 4.74 Å². The predicted octanol–water partition coefficient (Wildman–Crippen LogP) is 3.07. The fraction of sp³-hybridized carbons (Fsp3) is 0.250. The summed E-state index contributed by atoms with van der Waals surface area (Å²) in [6, 6.07) is 19.6. The highest BCUT2D eigenvalue weighted by Crippen LogP contribution is 2.40. The Balaban J connectivity index is 1.86. The maximum absolute atomic E-state index is 13.6. The average molecular weight is 438 g/mol. The molecule has 1 aliphatic heterocycles. The average Bonchev–Trinajstić information content (AvgIpc) is 3.21. The molecule has 0 amide bonds. The first-order chi connectivity index (χ1) is 14.8. The molecule has 1 aliphatic rings. The maximum atomic E-state index is 13.6. The van der Waals surface area contributed by atoms with Gasteiger partial charge in [0.15, 0.2) is 9.84 Å². The Labute approximate surface area is 181 Å². The largest absolute Gasteiger partial charge is 0.468 e. The molecule has 0 aromatic heterocycles. The van der Waals surface area contributed by atoms with Crippen LogP contribution in [0.25, 0.3) is 10.8 Å². The fourth-order valence-corrected chi connectivity index (χ4v) is 6.56. The molecule has 31 heavy (non-hydrogen) atoms. The number of fused-ring (bicyclic) bond motifs is 1. The molecule has 1 saturated heterocycles. The van der Waals surface area contributed by atoms with Gasteiger partial charge in [0.1, 0.15) is 17.1 Å². The van der Waals surface area contributed by atoms with Gasteiger partial charge >= 0.3 is 5.97 Å². The molecule has 1 N–H and O–H groups in total. The minimum atomic E-state index is -4.00. The summed E-state index contributed by atoms with van der Waals surface area (Å²) in [5.41, 5.74) is 0.749. The molecule has 0 spiro atoms. The van der Waals surface area contributed by atoms with Crippen molar-refractivity contribution in [3.05, 3.63) is 78.4 Å². The highest BCUT2D eigenvalue weighted by Gasteiger charge is 2.55. The van der Waals surface area contributed by atoms with Gasteiger partial charge in [-0.05, 0) is 41.5 Å². The predicted molar refractivity (Wildman–Crippen MR) is 117 cm³/mol. The van der Waals surface area contributed by atoms with Gasteiger partial charge in [0.2, 0.25) is 0 Å². The monoisotopic (exact) mass is 437 g/mol. The number of Topliss-reactive ketones (excluding diaryl/α,β-unsaturated/α-hetero) is 1. The Kier molecular flexibility index (Phi) is 5.64. The highest BCUT2D eigenvalue weighted by atomic mass is 32.2. The molecule has 1 heterocycles. The van der Waals surface area contributed by atoms with Crippen molar-refractivity contribution >= 4 is 32.4 Å². The van der Waals surface area contributed by atoms with E-state index in [1.807, 2.05) is 42.5 Å². The summed E-state index contributed by atoms with van der Waals surface area (Å²) in [4.78, 5) is 25.5. The summed E-state index contributed by atoms with van der Waals surface area (Å²) in [7, 11) is -2.79. The minimum Gasteiger partial charge on any atom is -0.468 e. The molecular formula is C24H23NO5S. The minimum absolute atomic E-state index is 0.0705. The van der Waals surface area contributed by atoms with Gasteiger partial charge in [0, 0.05) is 6.04 Å². The summed E-state index contributed by atoms with van der Waals surface area (Å²) in [6.07, 6.45) is 0. The van der Waals surface area contributed by atoms with Crippen molar-refractivity contribution in [3.63, 3.8) is 0 Å². The Morgan fingerprint density at radius 2 is 1.55 bits per heavy atom. The zero-order chi connectivity index (χ0) is 22.2. The zero-order valence-electron chi connectivity index (χ0n) is 17.2. The van der Waals surface area contributed by atoms with Crippen LogP contribution in [0.3, 0.4) is 0 Å². The van der Waals surface area contributed by atoms with Gasteiger partial charge < -0.3 is 4.74 Å². The van der Waals surface area contributed by atoms with Gasteiger partial charge in [-0.1, -0.05) is 54.6 Å². The van der Waals surface area contributed by atoms with E-state index in [9.17, 15) is 18.0 Å². The van der Waals surface area contributed by atoms with Crippen molar-refractivity contribution in [2.45, 2.75) is 29.2 Å². The van der Waals surface area contributed by atoms with Gasteiger partial charge in [0.25, 0.3) is 0 Å². The van der Waals surface area contributed by atoms with E-state index >= 15 is 0 Å². The van der Waals surface area contributed by atoms with E-state index in [-0.39, 0.29) is 10.7 Å². The number of benzene rings is 3. The van der Waals surface area contributed by atoms with Crippen LogP contribution in [0, 0.1) is 5.92 Å². The number of esters is 1. The number of ketones is 1. The van der Waals surface area contributed by atoms with E-state index in [0.717, 1.165) is 16.3 Å². The third-order valence-corrected chi connectivity index (χ3v) is 8.10. The van der Waals surface area contributed by atoms with E-state index in [1.165, 1.54) is 26.2 Å². The van der Waals surface area contributed by atoms with E-state index in [2.05, 4.69) is 5.32 Å². The molecule has 0 radical (unpaired) electrons. The number of rotatable bonds is 5. The normalized spacial score (nSPS) is 23.5. The van der Waals surface area contributed by atoms with Crippen molar-refractivity contribution in [1.82, 2.24) is 5.32 Å². The van der Waals surface area contributed by atoms with Crippen LogP contribution < -0.4 is 5.32 Å². The lowest BCUT2D eigenvalue weighted by molar-refractivity contribution is -0.142. The summed E-state index contributed by atoms with van der Waals surface area (Å²) >= 11 is 0. The van der Waals surface area contributed by atoms with Crippen LogP contribution >= 0.6 is 0 Å². The van der Waals surface area contributed by atoms with E-state index in [1.54, 1.807) is 18.2 Å². The lowest BCUT2D eigenvalue weighted by Gasteiger charge is -2.23. The standard InChI is InChI=1S/C24H23NO5S/c1-15(26)20-21(18-13-12-16-8-6-7-9-17(16)14-18)25-22(24(27)30-2)23(20)31(28,29)19-10-4-3-5-11-19/h3-14,20-23,25H,1-2H3/t20-,21-,22-,23+/m1/s1. The number of hydrogen-bond acceptors (Lipinski definition) is 6. The molecule has 3 aromatic rings. The third-order valence-electron chi connectivity index (χ3n) is 5.89. The Bertz CT molecular complexity index is 1240. The topological polar surface area (TPSA) is 89.5 Å². The molecule has 0 aliphatic carbocycles. The molecule has 160 valence electrons. The number of carbonyl (C=O) groups is 2. The Hall–Kier alpha value is -3.03. The molecule has 7 heteroatoms. The number of methoxy groups -OCH3 is 1. The summed E-state index contributed by atoms with van der Waals surface area (Å²) < 4.78 is 32.0. The van der Waals surface area contributed by atoms with Crippen LogP contribution in [0.2, 0.25) is 0 Å². The molecular weight excluding hydrogens is 414 g/mol. The SMILES string of the molecule is COC(=O)[C@@H]1N[C@H](c2ccc3ccccc3c2)[C@@H](C(C)=O)[C@@H]1S(=O)(=O)c1ccccc1.